The first-order valence-corrected chi connectivity index (χ1v) is 7.92. The lowest BCUT2D eigenvalue weighted by Crippen LogP contribution is -2.19. The molecule has 2 unspecified atom stereocenters. The summed E-state index contributed by atoms with van der Waals surface area (Å²) in [6.45, 7) is 4.73. The van der Waals surface area contributed by atoms with Crippen molar-refractivity contribution >= 4 is 0 Å². The monoisotopic (exact) mass is 239 g/mol. The molecule has 0 aromatic heterocycles. The summed E-state index contributed by atoms with van der Waals surface area (Å²) >= 11 is 0. The Bertz CT molecular complexity index is 190. The van der Waals surface area contributed by atoms with Gasteiger partial charge in [0, 0.05) is 6.04 Å². The Labute approximate surface area is 109 Å². The number of hydrogen-bond donors (Lipinski definition) is 1. The minimum absolute atomic E-state index is 0.494. The summed E-state index contributed by atoms with van der Waals surface area (Å²) in [5.41, 5.74) is 6.59. The summed E-state index contributed by atoms with van der Waals surface area (Å²) < 4.78 is 0. The van der Waals surface area contributed by atoms with Crippen LogP contribution in [-0.2, 0) is 0 Å². The van der Waals surface area contributed by atoms with Gasteiger partial charge < -0.3 is 5.73 Å². The van der Waals surface area contributed by atoms with Crippen LogP contribution in [0.2, 0.25) is 0 Å². The van der Waals surface area contributed by atoms with Crippen LogP contribution in [0.25, 0.3) is 0 Å². The van der Waals surface area contributed by atoms with Gasteiger partial charge in [-0.3, -0.25) is 0 Å². The van der Waals surface area contributed by atoms with Gasteiger partial charge >= 0.3 is 0 Å². The smallest absolute Gasteiger partial charge is 0.00442 e. The highest BCUT2D eigenvalue weighted by Gasteiger charge is 2.32. The van der Waals surface area contributed by atoms with E-state index in [2.05, 4.69) is 13.8 Å². The van der Waals surface area contributed by atoms with E-state index in [-0.39, 0.29) is 0 Å². The van der Waals surface area contributed by atoms with E-state index in [1.54, 1.807) is 0 Å². The van der Waals surface area contributed by atoms with Crippen molar-refractivity contribution in [2.24, 2.45) is 11.1 Å². The molecular formula is C16H33N. The van der Waals surface area contributed by atoms with E-state index < -0.39 is 0 Å². The number of rotatable bonds is 9. The number of unbranched alkanes of at least 4 members (excludes halogenated alkanes) is 7. The Morgan fingerprint density at radius 1 is 1.00 bits per heavy atom. The van der Waals surface area contributed by atoms with Gasteiger partial charge in [0.1, 0.15) is 0 Å². The summed E-state index contributed by atoms with van der Waals surface area (Å²) in [4.78, 5) is 0. The molecule has 1 heteroatoms. The summed E-state index contributed by atoms with van der Waals surface area (Å²) in [6, 6.07) is 0.494. The molecule has 0 aromatic rings. The van der Waals surface area contributed by atoms with Gasteiger partial charge in [0.05, 0.1) is 0 Å². The first-order valence-electron chi connectivity index (χ1n) is 7.92. The van der Waals surface area contributed by atoms with Gasteiger partial charge in [-0.05, 0) is 31.1 Å². The third kappa shape index (κ3) is 6.45. The molecule has 1 aliphatic carbocycles. The molecule has 102 valence electrons. The molecular weight excluding hydrogens is 206 g/mol. The maximum absolute atomic E-state index is 6.01. The first kappa shape index (κ1) is 15.0. The van der Waals surface area contributed by atoms with Gasteiger partial charge in [-0.1, -0.05) is 65.2 Å². The molecule has 17 heavy (non-hydrogen) atoms. The Morgan fingerprint density at radius 3 is 2.12 bits per heavy atom. The van der Waals surface area contributed by atoms with Gasteiger partial charge in [-0.25, -0.2) is 0 Å². The molecule has 1 fully saturated rings. The fourth-order valence-electron chi connectivity index (χ4n) is 3.28. The van der Waals surface area contributed by atoms with Crippen LogP contribution >= 0.6 is 0 Å². The van der Waals surface area contributed by atoms with Gasteiger partial charge in [-0.15, -0.1) is 0 Å². The van der Waals surface area contributed by atoms with Crippen LogP contribution in [0.3, 0.4) is 0 Å². The topological polar surface area (TPSA) is 26.0 Å². The Kier molecular flexibility index (Phi) is 7.18. The van der Waals surface area contributed by atoms with Crippen LogP contribution in [0.5, 0.6) is 0 Å². The second kappa shape index (κ2) is 8.13. The fraction of sp³-hybridized carbons (Fsp3) is 1.00. The molecule has 2 N–H and O–H groups in total. The molecule has 1 nitrogen and oxygen atoms in total. The van der Waals surface area contributed by atoms with Crippen molar-refractivity contribution in [3.8, 4) is 0 Å². The minimum Gasteiger partial charge on any atom is -0.328 e. The summed E-state index contributed by atoms with van der Waals surface area (Å²) in [7, 11) is 0. The Balaban J connectivity index is 1.90. The van der Waals surface area contributed by atoms with E-state index in [1.807, 2.05) is 0 Å². The van der Waals surface area contributed by atoms with Gasteiger partial charge in [-0.2, -0.15) is 0 Å². The van der Waals surface area contributed by atoms with E-state index in [1.165, 1.54) is 77.0 Å². The van der Waals surface area contributed by atoms with Crippen molar-refractivity contribution in [1.82, 2.24) is 0 Å². The quantitative estimate of drug-likeness (QED) is 0.561. The molecule has 0 aromatic carbocycles. The summed E-state index contributed by atoms with van der Waals surface area (Å²) in [5, 5.41) is 0. The summed E-state index contributed by atoms with van der Waals surface area (Å²) in [6.07, 6.45) is 16.8. The Hall–Kier alpha value is -0.0400. The molecule has 0 radical (unpaired) electrons. The molecule has 1 saturated carbocycles. The number of nitrogens with two attached hydrogens (primary N) is 1. The SMILES string of the molecule is CCCCCCCCCCC1(C)CCC(N)C1. The van der Waals surface area contributed by atoms with Crippen LogP contribution in [0.4, 0.5) is 0 Å². The second-order valence-electron chi connectivity index (χ2n) is 6.54. The molecule has 0 heterocycles. The van der Waals surface area contributed by atoms with E-state index >= 15 is 0 Å². The highest BCUT2D eigenvalue weighted by Crippen LogP contribution is 2.41. The van der Waals surface area contributed by atoms with E-state index in [4.69, 9.17) is 5.73 Å². The van der Waals surface area contributed by atoms with Crippen LogP contribution in [0.1, 0.15) is 90.9 Å². The maximum Gasteiger partial charge on any atom is 0.00442 e. The van der Waals surface area contributed by atoms with Crippen molar-refractivity contribution in [3.63, 3.8) is 0 Å². The highest BCUT2D eigenvalue weighted by molar-refractivity contribution is 4.87. The zero-order valence-corrected chi connectivity index (χ0v) is 12.1. The molecule has 0 aliphatic heterocycles. The van der Waals surface area contributed by atoms with Crippen LogP contribution in [0.15, 0.2) is 0 Å². The lowest BCUT2D eigenvalue weighted by molar-refractivity contribution is 0.290. The zero-order valence-electron chi connectivity index (χ0n) is 12.1. The minimum atomic E-state index is 0.494. The lowest BCUT2D eigenvalue weighted by Gasteiger charge is -2.23. The normalized spacial score (nSPS) is 28.8. The van der Waals surface area contributed by atoms with Crippen molar-refractivity contribution in [2.75, 3.05) is 0 Å². The largest absolute Gasteiger partial charge is 0.328 e. The summed E-state index contributed by atoms with van der Waals surface area (Å²) in [5.74, 6) is 0. The first-order chi connectivity index (χ1) is 8.16. The molecule has 1 rings (SSSR count). The molecule has 0 saturated heterocycles. The highest BCUT2D eigenvalue weighted by atomic mass is 14.7. The molecule has 1 aliphatic rings. The zero-order chi connectivity index (χ0) is 12.6. The Morgan fingerprint density at radius 2 is 1.59 bits per heavy atom. The average Bonchev–Trinajstić information content (AvgIpc) is 2.63. The molecule has 0 spiro atoms. The fourth-order valence-corrected chi connectivity index (χ4v) is 3.28. The van der Waals surface area contributed by atoms with E-state index in [0.717, 1.165) is 0 Å². The van der Waals surface area contributed by atoms with Crippen LogP contribution in [-0.4, -0.2) is 6.04 Å². The van der Waals surface area contributed by atoms with Gasteiger partial charge in [0.2, 0.25) is 0 Å². The molecule has 0 bridgehead atoms. The number of hydrogen-bond acceptors (Lipinski definition) is 1. The second-order valence-corrected chi connectivity index (χ2v) is 6.54. The third-order valence-electron chi connectivity index (χ3n) is 4.51. The predicted molar refractivity (Wildman–Crippen MR) is 77.2 cm³/mol. The van der Waals surface area contributed by atoms with Crippen molar-refractivity contribution in [2.45, 2.75) is 96.9 Å². The maximum atomic E-state index is 6.01. The van der Waals surface area contributed by atoms with E-state index in [0.29, 0.717) is 11.5 Å². The van der Waals surface area contributed by atoms with Crippen molar-refractivity contribution in [1.29, 1.82) is 0 Å². The average molecular weight is 239 g/mol. The lowest BCUT2D eigenvalue weighted by atomic mass is 9.83. The van der Waals surface area contributed by atoms with Gasteiger partial charge in [0.25, 0.3) is 0 Å². The van der Waals surface area contributed by atoms with Crippen LogP contribution < -0.4 is 5.73 Å². The standard InChI is InChI=1S/C16H33N/c1-3-4-5-6-7-8-9-10-12-16(2)13-11-15(17)14-16/h15H,3-14,17H2,1-2H3. The van der Waals surface area contributed by atoms with Crippen molar-refractivity contribution in [3.05, 3.63) is 0 Å². The van der Waals surface area contributed by atoms with Crippen LogP contribution in [0, 0.1) is 5.41 Å². The van der Waals surface area contributed by atoms with E-state index in [9.17, 15) is 0 Å². The van der Waals surface area contributed by atoms with Crippen molar-refractivity contribution < 1.29 is 0 Å². The molecule has 0 amide bonds. The van der Waals surface area contributed by atoms with Gasteiger partial charge in [0.15, 0.2) is 0 Å². The third-order valence-corrected chi connectivity index (χ3v) is 4.51. The molecule has 2 atom stereocenters. The predicted octanol–water partition coefficient (Wildman–Crippen LogP) is 5.03.